The van der Waals surface area contributed by atoms with Crippen molar-refractivity contribution in [2.45, 2.75) is 19.9 Å². The molecule has 2 rings (SSSR count). The smallest absolute Gasteiger partial charge is 0.166 e. The first kappa shape index (κ1) is 10.2. The zero-order valence-electron chi connectivity index (χ0n) is 8.70. The number of nitrogens with zero attached hydrogens (tertiary/aromatic N) is 1. The molecule has 78 valence electrons. The fourth-order valence-corrected chi connectivity index (χ4v) is 2.08. The average Bonchev–Trinajstić information content (AvgIpc) is 2.54. The largest absolute Gasteiger partial charge is 0.336 e. The minimum Gasteiger partial charge on any atom is -0.336 e. The average molecular weight is 222 g/mol. The zero-order valence-corrected chi connectivity index (χ0v) is 9.45. The topological polar surface area (TPSA) is 22.0 Å². The van der Waals surface area contributed by atoms with Crippen molar-refractivity contribution < 1.29 is 4.79 Å². The Morgan fingerprint density at radius 3 is 2.67 bits per heavy atom. The Labute approximate surface area is 93.5 Å². The van der Waals surface area contributed by atoms with Crippen molar-refractivity contribution in [3.63, 3.8) is 0 Å². The Morgan fingerprint density at radius 1 is 1.33 bits per heavy atom. The molecule has 0 atom stereocenters. The van der Waals surface area contributed by atoms with Gasteiger partial charge in [0.15, 0.2) is 6.29 Å². The number of aldehydes is 1. The molecular weight excluding hydrogens is 210 g/mol. The molecule has 2 aromatic rings. The molecule has 0 spiro atoms. The molecule has 0 aliphatic rings. The van der Waals surface area contributed by atoms with Crippen LogP contribution in [0.3, 0.4) is 0 Å². The van der Waals surface area contributed by atoms with Crippen LogP contribution in [0.1, 0.15) is 30.4 Å². The van der Waals surface area contributed by atoms with Gasteiger partial charge < -0.3 is 4.57 Å². The van der Waals surface area contributed by atoms with Crippen molar-refractivity contribution in [2.75, 3.05) is 0 Å². The second kappa shape index (κ2) is 3.70. The van der Waals surface area contributed by atoms with E-state index in [0.717, 1.165) is 17.2 Å². The molecule has 0 radical (unpaired) electrons. The van der Waals surface area contributed by atoms with E-state index in [1.807, 2.05) is 28.8 Å². The summed E-state index contributed by atoms with van der Waals surface area (Å²) in [5.74, 6) is 0. The summed E-state index contributed by atoms with van der Waals surface area (Å²) in [5.41, 5.74) is 1.75. The number of hydrogen-bond donors (Lipinski definition) is 0. The van der Waals surface area contributed by atoms with Crippen molar-refractivity contribution >= 4 is 28.8 Å². The molecule has 0 saturated carbocycles. The summed E-state index contributed by atoms with van der Waals surface area (Å²) in [6, 6.07) is 7.81. The van der Waals surface area contributed by atoms with Crippen molar-refractivity contribution in [3.8, 4) is 0 Å². The second-order valence-corrected chi connectivity index (χ2v) is 4.29. The Kier molecular flexibility index (Phi) is 2.53. The maximum atomic E-state index is 10.9. The van der Waals surface area contributed by atoms with E-state index < -0.39 is 0 Å². The van der Waals surface area contributed by atoms with E-state index in [1.54, 1.807) is 0 Å². The van der Waals surface area contributed by atoms with Gasteiger partial charge in [-0.25, -0.2) is 0 Å². The molecular formula is C12H12ClNO. The van der Waals surface area contributed by atoms with E-state index in [2.05, 4.69) is 13.8 Å². The lowest BCUT2D eigenvalue weighted by Crippen LogP contribution is -2.04. The Balaban J connectivity index is 2.80. The van der Waals surface area contributed by atoms with Gasteiger partial charge in [-0.1, -0.05) is 11.6 Å². The molecule has 0 amide bonds. The van der Waals surface area contributed by atoms with Crippen molar-refractivity contribution in [1.82, 2.24) is 4.57 Å². The van der Waals surface area contributed by atoms with E-state index in [0.29, 0.717) is 10.7 Å². The molecule has 1 heterocycles. The standard InChI is InChI=1S/C12H12ClNO/c1-8(2)14-11(7-15)6-9-5-10(13)3-4-12(9)14/h3-8H,1-2H3. The van der Waals surface area contributed by atoms with E-state index in [9.17, 15) is 4.79 Å². The molecule has 15 heavy (non-hydrogen) atoms. The second-order valence-electron chi connectivity index (χ2n) is 3.85. The van der Waals surface area contributed by atoms with Crippen LogP contribution in [-0.4, -0.2) is 10.9 Å². The predicted molar refractivity (Wildman–Crippen MR) is 62.7 cm³/mol. The molecule has 3 heteroatoms. The Bertz CT molecular complexity index is 514. The number of carbonyl (C=O) groups is 1. The van der Waals surface area contributed by atoms with Crippen LogP contribution in [0.15, 0.2) is 24.3 Å². The van der Waals surface area contributed by atoms with Crippen molar-refractivity contribution in [1.29, 1.82) is 0 Å². The summed E-state index contributed by atoms with van der Waals surface area (Å²) in [4.78, 5) is 10.9. The highest BCUT2D eigenvalue weighted by Gasteiger charge is 2.10. The van der Waals surface area contributed by atoms with Crippen molar-refractivity contribution in [3.05, 3.63) is 35.0 Å². The number of hydrogen-bond acceptors (Lipinski definition) is 1. The Hall–Kier alpha value is -1.28. The van der Waals surface area contributed by atoms with Gasteiger partial charge in [-0.15, -0.1) is 0 Å². The summed E-state index contributed by atoms with van der Waals surface area (Å²) < 4.78 is 2.01. The normalized spacial score (nSPS) is 11.2. The van der Waals surface area contributed by atoms with E-state index >= 15 is 0 Å². The van der Waals surface area contributed by atoms with E-state index in [1.165, 1.54) is 0 Å². The van der Waals surface area contributed by atoms with Gasteiger partial charge in [0.05, 0.1) is 5.69 Å². The summed E-state index contributed by atoms with van der Waals surface area (Å²) in [6.07, 6.45) is 0.883. The summed E-state index contributed by atoms with van der Waals surface area (Å²) in [5, 5.41) is 1.71. The molecule has 0 fully saturated rings. The molecule has 0 unspecified atom stereocenters. The van der Waals surface area contributed by atoms with Crippen LogP contribution in [0, 0.1) is 0 Å². The minimum atomic E-state index is 0.267. The van der Waals surface area contributed by atoms with Crippen LogP contribution in [0.4, 0.5) is 0 Å². The van der Waals surface area contributed by atoms with Gasteiger partial charge in [-0.05, 0) is 38.1 Å². The van der Waals surface area contributed by atoms with Gasteiger partial charge in [0.2, 0.25) is 0 Å². The van der Waals surface area contributed by atoms with Gasteiger partial charge in [0.1, 0.15) is 0 Å². The highest BCUT2D eigenvalue weighted by molar-refractivity contribution is 6.31. The predicted octanol–water partition coefficient (Wildman–Crippen LogP) is 3.69. The minimum absolute atomic E-state index is 0.267. The lowest BCUT2D eigenvalue weighted by Gasteiger charge is -2.11. The molecule has 0 bridgehead atoms. The van der Waals surface area contributed by atoms with Crippen LogP contribution in [0.25, 0.3) is 10.9 Å². The number of halogens is 1. The van der Waals surface area contributed by atoms with Crippen LogP contribution >= 0.6 is 11.6 Å². The maximum Gasteiger partial charge on any atom is 0.166 e. The first-order chi connectivity index (χ1) is 7.13. The lowest BCUT2D eigenvalue weighted by molar-refractivity contribution is 0.111. The molecule has 0 aliphatic carbocycles. The Morgan fingerprint density at radius 2 is 2.07 bits per heavy atom. The third-order valence-corrected chi connectivity index (χ3v) is 2.70. The van der Waals surface area contributed by atoms with Gasteiger partial charge in [0.25, 0.3) is 0 Å². The molecule has 0 aliphatic heterocycles. The van der Waals surface area contributed by atoms with Gasteiger partial charge in [0, 0.05) is 22.0 Å². The first-order valence-corrected chi connectivity index (χ1v) is 5.27. The fraction of sp³-hybridized carbons (Fsp3) is 0.250. The summed E-state index contributed by atoms with van der Waals surface area (Å²) in [6.45, 7) is 4.11. The van der Waals surface area contributed by atoms with Gasteiger partial charge in [-0.3, -0.25) is 4.79 Å². The summed E-state index contributed by atoms with van der Waals surface area (Å²) in [7, 11) is 0. The fourth-order valence-electron chi connectivity index (χ4n) is 1.90. The van der Waals surface area contributed by atoms with Gasteiger partial charge in [-0.2, -0.15) is 0 Å². The monoisotopic (exact) mass is 221 g/mol. The highest BCUT2D eigenvalue weighted by Crippen LogP contribution is 2.25. The highest BCUT2D eigenvalue weighted by atomic mass is 35.5. The van der Waals surface area contributed by atoms with Crippen LogP contribution in [-0.2, 0) is 0 Å². The van der Waals surface area contributed by atoms with E-state index in [-0.39, 0.29) is 6.04 Å². The lowest BCUT2D eigenvalue weighted by atomic mass is 10.2. The summed E-state index contributed by atoms with van der Waals surface area (Å²) >= 11 is 5.91. The van der Waals surface area contributed by atoms with Crippen LogP contribution < -0.4 is 0 Å². The molecule has 2 nitrogen and oxygen atoms in total. The third kappa shape index (κ3) is 1.65. The maximum absolute atomic E-state index is 10.9. The van der Waals surface area contributed by atoms with E-state index in [4.69, 9.17) is 11.6 Å². The number of fused-ring (bicyclic) bond motifs is 1. The van der Waals surface area contributed by atoms with Crippen molar-refractivity contribution in [2.24, 2.45) is 0 Å². The zero-order chi connectivity index (χ0) is 11.0. The number of aromatic nitrogens is 1. The molecule has 1 aromatic carbocycles. The van der Waals surface area contributed by atoms with Gasteiger partial charge >= 0.3 is 0 Å². The number of rotatable bonds is 2. The SMILES string of the molecule is CC(C)n1c(C=O)cc2cc(Cl)ccc21. The third-order valence-electron chi connectivity index (χ3n) is 2.47. The molecule has 0 saturated heterocycles. The molecule has 1 aromatic heterocycles. The quantitative estimate of drug-likeness (QED) is 0.709. The van der Waals surface area contributed by atoms with Crippen LogP contribution in [0.2, 0.25) is 5.02 Å². The van der Waals surface area contributed by atoms with Crippen LogP contribution in [0.5, 0.6) is 0 Å². The number of carbonyl (C=O) groups excluding carboxylic acids is 1. The first-order valence-electron chi connectivity index (χ1n) is 4.89. The molecule has 0 N–H and O–H groups in total. The number of benzene rings is 1.